The van der Waals surface area contributed by atoms with Crippen molar-refractivity contribution in [1.29, 1.82) is 0 Å². The first-order valence-electron chi connectivity index (χ1n) is 9.37. The van der Waals surface area contributed by atoms with Gasteiger partial charge in [-0.25, -0.2) is 8.42 Å². The maximum absolute atomic E-state index is 12.4. The third-order valence-electron chi connectivity index (χ3n) is 4.46. The number of nitrogens with one attached hydrogen (secondary N) is 1. The summed E-state index contributed by atoms with van der Waals surface area (Å²) >= 11 is 0. The molecule has 0 saturated carbocycles. The third-order valence-corrected chi connectivity index (χ3v) is 5.58. The van der Waals surface area contributed by atoms with Crippen LogP contribution in [-0.4, -0.2) is 47.4 Å². The molecule has 1 N–H and O–H groups in total. The first-order valence-corrected chi connectivity index (χ1v) is 11.2. The summed E-state index contributed by atoms with van der Waals surface area (Å²) in [6, 6.07) is 20.0. The molecule has 0 aliphatic rings. The summed E-state index contributed by atoms with van der Waals surface area (Å²) < 4.78 is 36.6. The fraction of sp³-hybridized carbons (Fsp3) is 0.227. The van der Waals surface area contributed by atoms with Gasteiger partial charge < -0.3 is 14.8 Å². The second-order valence-corrected chi connectivity index (χ2v) is 8.55. The lowest BCUT2D eigenvalue weighted by atomic mass is 10.1. The molecule has 0 unspecified atom stereocenters. The van der Waals surface area contributed by atoms with Crippen LogP contribution in [0, 0.1) is 0 Å². The number of ether oxygens (including phenoxy) is 2. The molecular weight excluding hydrogens is 404 g/mol. The fourth-order valence-electron chi connectivity index (χ4n) is 3.04. The zero-order valence-electron chi connectivity index (χ0n) is 16.9. The Morgan fingerprint density at radius 2 is 1.70 bits per heavy atom. The number of hydrogen-bond acceptors (Lipinski definition) is 5. The summed E-state index contributed by atoms with van der Waals surface area (Å²) in [6.07, 6.45) is 1.09. The average Bonchev–Trinajstić information content (AvgIpc) is 2.74. The Balaban J connectivity index is 1.63. The molecule has 30 heavy (non-hydrogen) atoms. The molecule has 3 aromatic carbocycles. The second kappa shape index (κ2) is 9.49. The highest BCUT2D eigenvalue weighted by Crippen LogP contribution is 2.28. The van der Waals surface area contributed by atoms with E-state index in [1.165, 1.54) is 0 Å². The highest BCUT2D eigenvalue weighted by Gasteiger charge is 2.22. The molecule has 0 atom stereocenters. The SMILES string of the molecule is COc1cccc(OCCNC(=O)CN(c2cccc3ccccc23)S(C)(=O)=O)c1. The van der Waals surface area contributed by atoms with E-state index < -0.39 is 15.9 Å². The van der Waals surface area contributed by atoms with Gasteiger partial charge >= 0.3 is 0 Å². The van der Waals surface area contributed by atoms with Gasteiger partial charge in [-0.1, -0.05) is 42.5 Å². The molecule has 1 amide bonds. The largest absolute Gasteiger partial charge is 0.497 e. The Bertz CT molecular complexity index is 1130. The van der Waals surface area contributed by atoms with Crippen LogP contribution in [0.1, 0.15) is 0 Å². The molecule has 7 nitrogen and oxygen atoms in total. The predicted octanol–water partition coefficient (Wildman–Crippen LogP) is 2.81. The van der Waals surface area contributed by atoms with Crippen LogP contribution < -0.4 is 19.1 Å². The zero-order valence-corrected chi connectivity index (χ0v) is 17.7. The van der Waals surface area contributed by atoms with E-state index in [9.17, 15) is 13.2 Å². The van der Waals surface area contributed by atoms with Gasteiger partial charge in [-0.05, 0) is 23.6 Å². The van der Waals surface area contributed by atoms with Crippen molar-refractivity contribution in [3.05, 3.63) is 66.7 Å². The molecule has 0 bridgehead atoms. The van der Waals surface area contributed by atoms with Crippen molar-refractivity contribution < 1.29 is 22.7 Å². The molecule has 0 radical (unpaired) electrons. The highest BCUT2D eigenvalue weighted by molar-refractivity contribution is 7.92. The monoisotopic (exact) mass is 428 g/mol. The van der Waals surface area contributed by atoms with Gasteiger partial charge in [-0.3, -0.25) is 9.10 Å². The number of benzene rings is 3. The lowest BCUT2D eigenvalue weighted by Crippen LogP contribution is -2.41. The van der Waals surface area contributed by atoms with Crippen LogP contribution in [0.15, 0.2) is 66.7 Å². The van der Waals surface area contributed by atoms with Crippen LogP contribution in [0.3, 0.4) is 0 Å². The molecule has 3 rings (SSSR count). The Kier molecular flexibility index (Phi) is 6.79. The summed E-state index contributed by atoms with van der Waals surface area (Å²) in [5.74, 6) is 0.884. The lowest BCUT2D eigenvalue weighted by molar-refractivity contribution is -0.119. The summed E-state index contributed by atoms with van der Waals surface area (Å²) in [4.78, 5) is 12.4. The Morgan fingerprint density at radius 3 is 2.47 bits per heavy atom. The van der Waals surface area contributed by atoms with Gasteiger partial charge in [-0.2, -0.15) is 0 Å². The number of sulfonamides is 1. The highest BCUT2D eigenvalue weighted by atomic mass is 32.2. The second-order valence-electron chi connectivity index (χ2n) is 6.65. The molecule has 0 spiro atoms. The molecule has 3 aromatic rings. The quantitative estimate of drug-likeness (QED) is 0.530. The number of methoxy groups -OCH3 is 1. The summed E-state index contributed by atoms with van der Waals surface area (Å²) in [7, 11) is -2.09. The van der Waals surface area contributed by atoms with Gasteiger partial charge in [0.1, 0.15) is 24.7 Å². The van der Waals surface area contributed by atoms with E-state index in [1.807, 2.05) is 36.4 Å². The van der Waals surface area contributed by atoms with Gasteiger partial charge in [0.2, 0.25) is 15.9 Å². The molecule has 0 aromatic heterocycles. The van der Waals surface area contributed by atoms with Crippen LogP contribution in [0.25, 0.3) is 10.8 Å². The number of amides is 1. The molecule has 0 fully saturated rings. The maximum Gasteiger partial charge on any atom is 0.240 e. The van der Waals surface area contributed by atoms with E-state index in [4.69, 9.17) is 9.47 Å². The maximum atomic E-state index is 12.4. The number of fused-ring (bicyclic) bond motifs is 1. The molecule has 0 aliphatic carbocycles. The van der Waals surface area contributed by atoms with Gasteiger partial charge in [0.25, 0.3) is 0 Å². The van der Waals surface area contributed by atoms with Gasteiger partial charge in [0.15, 0.2) is 0 Å². The summed E-state index contributed by atoms with van der Waals surface area (Å²) in [5.41, 5.74) is 0.471. The minimum absolute atomic E-state index is 0.239. The van der Waals surface area contributed by atoms with Gasteiger partial charge in [0.05, 0.1) is 25.6 Å². The van der Waals surface area contributed by atoms with E-state index in [0.717, 1.165) is 21.3 Å². The van der Waals surface area contributed by atoms with Crippen molar-refractivity contribution in [3.8, 4) is 11.5 Å². The molecule has 0 saturated heterocycles. The Labute approximate surface area is 176 Å². The van der Waals surface area contributed by atoms with E-state index in [1.54, 1.807) is 37.4 Å². The van der Waals surface area contributed by atoms with Crippen LogP contribution >= 0.6 is 0 Å². The van der Waals surface area contributed by atoms with Crippen molar-refractivity contribution >= 4 is 32.4 Å². The molecule has 0 aliphatic heterocycles. The average molecular weight is 429 g/mol. The van der Waals surface area contributed by atoms with Gasteiger partial charge in [0, 0.05) is 11.5 Å². The van der Waals surface area contributed by atoms with E-state index in [-0.39, 0.29) is 19.7 Å². The Morgan fingerprint density at radius 1 is 1.00 bits per heavy atom. The minimum atomic E-state index is -3.66. The number of nitrogens with zero attached hydrogens (tertiary/aromatic N) is 1. The lowest BCUT2D eigenvalue weighted by Gasteiger charge is -2.23. The van der Waals surface area contributed by atoms with Crippen LogP contribution in [-0.2, 0) is 14.8 Å². The van der Waals surface area contributed by atoms with Gasteiger partial charge in [-0.15, -0.1) is 0 Å². The first kappa shape index (κ1) is 21.4. The van der Waals surface area contributed by atoms with Crippen LogP contribution in [0.4, 0.5) is 5.69 Å². The number of carbonyl (C=O) groups excluding carboxylic acids is 1. The topological polar surface area (TPSA) is 84.9 Å². The van der Waals surface area contributed by atoms with E-state index >= 15 is 0 Å². The van der Waals surface area contributed by atoms with Crippen LogP contribution in [0.2, 0.25) is 0 Å². The van der Waals surface area contributed by atoms with Crippen LogP contribution in [0.5, 0.6) is 11.5 Å². The van der Waals surface area contributed by atoms with Crippen molar-refractivity contribution in [2.45, 2.75) is 0 Å². The number of hydrogen-bond donors (Lipinski definition) is 1. The van der Waals surface area contributed by atoms with Crippen molar-refractivity contribution in [3.63, 3.8) is 0 Å². The minimum Gasteiger partial charge on any atom is -0.497 e. The molecule has 158 valence electrons. The molecular formula is C22H24N2O5S. The summed E-state index contributed by atoms with van der Waals surface area (Å²) in [5, 5.41) is 4.36. The predicted molar refractivity (Wildman–Crippen MR) is 118 cm³/mol. The van der Waals surface area contributed by atoms with E-state index in [0.29, 0.717) is 17.2 Å². The third kappa shape index (κ3) is 5.42. The van der Waals surface area contributed by atoms with Crippen molar-refractivity contribution in [1.82, 2.24) is 5.32 Å². The first-order chi connectivity index (χ1) is 14.4. The zero-order chi connectivity index (χ0) is 21.6. The fourth-order valence-corrected chi connectivity index (χ4v) is 3.91. The number of rotatable bonds is 9. The van der Waals surface area contributed by atoms with Crippen molar-refractivity contribution in [2.75, 3.05) is 37.4 Å². The normalized spacial score (nSPS) is 11.1. The Hall–Kier alpha value is -3.26. The molecule has 8 heteroatoms. The number of anilines is 1. The standard InChI is InChI=1S/C22H24N2O5S/c1-28-18-9-6-10-19(15-18)29-14-13-23-22(25)16-24(30(2,26)27)21-12-5-8-17-7-3-4-11-20(17)21/h3-12,15H,13-14,16H2,1-2H3,(H,23,25). The smallest absolute Gasteiger partial charge is 0.240 e. The number of carbonyl (C=O) groups is 1. The van der Waals surface area contributed by atoms with E-state index in [2.05, 4.69) is 5.32 Å². The van der Waals surface area contributed by atoms with Crippen molar-refractivity contribution in [2.24, 2.45) is 0 Å². The molecule has 0 heterocycles. The summed E-state index contributed by atoms with van der Waals surface area (Å²) in [6.45, 7) is 0.168.